The van der Waals surface area contributed by atoms with Crippen LogP contribution in [0.25, 0.3) is 10.9 Å². The number of aromatic carboxylic acids is 1. The summed E-state index contributed by atoms with van der Waals surface area (Å²) >= 11 is 5.92. The second-order valence-corrected chi connectivity index (χ2v) is 5.28. The maximum Gasteiger partial charge on any atom is 0.335 e. The van der Waals surface area contributed by atoms with Crippen LogP contribution < -0.4 is 5.56 Å². The van der Waals surface area contributed by atoms with Gasteiger partial charge in [-0.3, -0.25) is 9.36 Å². The molecule has 0 saturated heterocycles. The second-order valence-electron chi connectivity index (χ2n) is 4.84. The molecule has 1 aromatic heterocycles. The number of hydrogen-bond donors (Lipinski definition) is 1. The normalized spacial score (nSPS) is 10.8. The summed E-state index contributed by atoms with van der Waals surface area (Å²) in [6.07, 6.45) is 1.48. The van der Waals surface area contributed by atoms with E-state index in [1.54, 1.807) is 30.3 Å². The van der Waals surface area contributed by atoms with Crippen LogP contribution in [0.3, 0.4) is 0 Å². The van der Waals surface area contributed by atoms with Crippen molar-refractivity contribution in [1.82, 2.24) is 9.55 Å². The van der Waals surface area contributed by atoms with Gasteiger partial charge in [-0.2, -0.15) is 0 Å². The number of benzene rings is 2. The quantitative estimate of drug-likeness (QED) is 0.807. The molecule has 0 aliphatic carbocycles. The number of carboxylic acids is 1. The zero-order valence-corrected chi connectivity index (χ0v) is 12.1. The van der Waals surface area contributed by atoms with Gasteiger partial charge in [0, 0.05) is 5.02 Å². The van der Waals surface area contributed by atoms with Crippen LogP contribution in [-0.4, -0.2) is 20.6 Å². The van der Waals surface area contributed by atoms with E-state index in [0.717, 1.165) is 5.56 Å². The molecule has 2 aromatic carbocycles. The van der Waals surface area contributed by atoms with Crippen LogP contribution >= 0.6 is 11.6 Å². The van der Waals surface area contributed by atoms with E-state index < -0.39 is 5.97 Å². The number of fused-ring (bicyclic) bond motifs is 1. The first-order valence-electron chi connectivity index (χ1n) is 6.51. The van der Waals surface area contributed by atoms with Crippen molar-refractivity contribution < 1.29 is 9.90 Å². The van der Waals surface area contributed by atoms with Crippen LogP contribution in [0.2, 0.25) is 5.02 Å². The summed E-state index contributed by atoms with van der Waals surface area (Å²) in [5.41, 5.74) is 1.43. The Bertz CT molecular complexity index is 917. The highest BCUT2D eigenvalue weighted by molar-refractivity contribution is 6.31. The van der Waals surface area contributed by atoms with Crippen molar-refractivity contribution in [2.45, 2.75) is 6.54 Å². The minimum absolute atomic E-state index is 0.185. The predicted molar refractivity (Wildman–Crippen MR) is 83.5 cm³/mol. The summed E-state index contributed by atoms with van der Waals surface area (Å²) in [5, 5.41) is 9.81. The van der Waals surface area contributed by atoms with Crippen molar-refractivity contribution in [2.75, 3.05) is 0 Å². The van der Waals surface area contributed by atoms with Gasteiger partial charge < -0.3 is 5.11 Å². The number of hydrogen-bond acceptors (Lipinski definition) is 3. The van der Waals surface area contributed by atoms with Crippen LogP contribution in [0.15, 0.2) is 53.6 Å². The highest BCUT2D eigenvalue weighted by Gasteiger charge is 2.06. The summed E-state index contributed by atoms with van der Waals surface area (Å²) in [6, 6.07) is 11.4. The van der Waals surface area contributed by atoms with E-state index in [9.17, 15) is 9.59 Å². The fourth-order valence-electron chi connectivity index (χ4n) is 2.19. The first-order valence-corrected chi connectivity index (χ1v) is 6.89. The summed E-state index contributed by atoms with van der Waals surface area (Å²) < 4.78 is 1.47. The Balaban J connectivity index is 1.98. The van der Waals surface area contributed by atoms with Gasteiger partial charge in [-0.15, -0.1) is 0 Å². The maximum absolute atomic E-state index is 12.4. The lowest BCUT2D eigenvalue weighted by Gasteiger charge is -2.07. The predicted octanol–water partition coefficient (Wildman–Crippen LogP) is 2.80. The molecule has 0 saturated carbocycles. The molecule has 0 aliphatic heterocycles. The average Bonchev–Trinajstić information content (AvgIpc) is 2.51. The second kappa shape index (κ2) is 5.61. The lowest BCUT2D eigenvalue weighted by Crippen LogP contribution is -2.21. The lowest BCUT2D eigenvalue weighted by molar-refractivity contribution is 0.0697. The number of rotatable bonds is 3. The average molecular weight is 315 g/mol. The van der Waals surface area contributed by atoms with Gasteiger partial charge in [-0.05, 0) is 35.9 Å². The minimum atomic E-state index is -0.981. The molecule has 1 heterocycles. The van der Waals surface area contributed by atoms with Crippen molar-refractivity contribution in [3.8, 4) is 0 Å². The molecule has 0 bridgehead atoms. The van der Waals surface area contributed by atoms with E-state index in [1.165, 1.54) is 23.0 Å². The van der Waals surface area contributed by atoms with Crippen LogP contribution in [-0.2, 0) is 6.54 Å². The minimum Gasteiger partial charge on any atom is -0.478 e. The molecule has 22 heavy (non-hydrogen) atoms. The highest BCUT2D eigenvalue weighted by Crippen LogP contribution is 2.14. The summed E-state index contributed by atoms with van der Waals surface area (Å²) in [6.45, 7) is 0.314. The molecule has 3 aromatic rings. The van der Waals surface area contributed by atoms with Gasteiger partial charge >= 0.3 is 5.97 Å². The van der Waals surface area contributed by atoms with Crippen LogP contribution in [0.4, 0.5) is 0 Å². The van der Waals surface area contributed by atoms with Crippen molar-refractivity contribution in [1.29, 1.82) is 0 Å². The molecule has 0 spiro atoms. The van der Waals surface area contributed by atoms with Gasteiger partial charge in [-0.1, -0.05) is 23.7 Å². The maximum atomic E-state index is 12.4. The molecule has 0 radical (unpaired) electrons. The van der Waals surface area contributed by atoms with E-state index in [2.05, 4.69) is 4.98 Å². The Morgan fingerprint density at radius 1 is 1.18 bits per heavy atom. The Kier molecular flexibility index (Phi) is 3.65. The number of carboxylic acid groups (broad SMARTS) is 1. The monoisotopic (exact) mass is 314 g/mol. The zero-order valence-electron chi connectivity index (χ0n) is 11.4. The number of aromatic nitrogens is 2. The van der Waals surface area contributed by atoms with Crippen molar-refractivity contribution >= 4 is 28.5 Å². The number of carbonyl (C=O) groups is 1. The molecule has 3 rings (SSSR count). The summed E-state index contributed by atoms with van der Waals surface area (Å²) in [5.74, 6) is -0.981. The molecule has 0 amide bonds. The van der Waals surface area contributed by atoms with E-state index in [0.29, 0.717) is 22.5 Å². The molecule has 1 N–H and O–H groups in total. The van der Waals surface area contributed by atoms with Gasteiger partial charge in [0.2, 0.25) is 0 Å². The Morgan fingerprint density at radius 3 is 2.59 bits per heavy atom. The molecular formula is C16H11ClN2O3. The molecule has 0 aliphatic rings. The van der Waals surface area contributed by atoms with Crippen molar-refractivity contribution in [2.24, 2.45) is 0 Å². The molecule has 0 fully saturated rings. The van der Waals surface area contributed by atoms with Gasteiger partial charge in [0.15, 0.2) is 0 Å². The molecular weight excluding hydrogens is 304 g/mol. The molecule has 6 heteroatoms. The smallest absolute Gasteiger partial charge is 0.335 e. The number of halogens is 1. The standard InChI is InChI=1S/C16H11ClN2O3/c17-12-5-6-14-13(7-12)15(20)19(9-18-14)8-10-1-3-11(4-2-10)16(21)22/h1-7,9H,8H2,(H,21,22). The van der Waals surface area contributed by atoms with E-state index >= 15 is 0 Å². The molecule has 110 valence electrons. The SMILES string of the molecule is O=C(O)c1ccc(Cn2cnc3ccc(Cl)cc3c2=O)cc1. The van der Waals surface area contributed by atoms with Gasteiger partial charge in [0.1, 0.15) is 0 Å². The Morgan fingerprint density at radius 2 is 1.91 bits per heavy atom. The lowest BCUT2D eigenvalue weighted by atomic mass is 10.1. The zero-order chi connectivity index (χ0) is 15.7. The third-order valence-corrected chi connectivity index (χ3v) is 3.57. The van der Waals surface area contributed by atoms with Crippen LogP contribution in [0.1, 0.15) is 15.9 Å². The Labute approximate surface area is 130 Å². The van der Waals surface area contributed by atoms with E-state index in [1.807, 2.05) is 0 Å². The largest absolute Gasteiger partial charge is 0.478 e. The summed E-state index contributed by atoms with van der Waals surface area (Å²) in [7, 11) is 0. The van der Waals surface area contributed by atoms with Gasteiger partial charge in [0.05, 0.1) is 29.3 Å². The first-order chi connectivity index (χ1) is 10.5. The number of nitrogens with zero attached hydrogens (tertiary/aromatic N) is 2. The van der Waals surface area contributed by atoms with Crippen molar-refractivity contribution in [3.63, 3.8) is 0 Å². The third kappa shape index (κ3) is 2.71. The highest BCUT2D eigenvalue weighted by atomic mass is 35.5. The van der Waals surface area contributed by atoms with E-state index in [-0.39, 0.29) is 11.1 Å². The molecule has 0 atom stereocenters. The topological polar surface area (TPSA) is 72.2 Å². The van der Waals surface area contributed by atoms with Gasteiger partial charge in [-0.25, -0.2) is 9.78 Å². The molecule has 0 unspecified atom stereocenters. The Hall–Kier alpha value is -2.66. The van der Waals surface area contributed by atoms with E-state index in [4.69, 9.17) is 16.7 Å². The first kappa shape index (κ1) is 14.3. The third-order valence-electron chi connectivity index (χ3n) is 3.34. The fourth-order valence-corrected chi connectivity index (χ4v) is 2.37. The summed E-state index contributed by atoms with van der Waals surface area (Å²) in [4.78, 5) is 27.5. The molecule has 5 nitrogen and oxygen atoms in total. The van der Waals surface area contributed by atoms with Gasteiger partial charge in [0.25, 0.3) is 5.56 Å². The fraction of sp³-hybridized carbons (Fsp3) is 0.0625. The van der Waals surface area contributed by atoms with Crippen LogP contribution in [0, 0.1) is 0 Å². The van der Waals surface area contributed by atoms with Crippen LogP contribution in [0.5, 0.6) is 0 Å². The van der Waals surface area contributed by atoms with Crippen molar-refractivity contribution in [3.05, 3.63) is 75.3 Å².